The average molecular weight is 318 g/mol. The van der Waals surface area contributed by atoms with E-state index >= 15 is 0 Å². The summed E-state index contributed by atoms with van der Waals surface area (Å²) in [5.41, 5.74) is 3.12. The third-order valence-corrected chi connectivity index (χ3v) is 4.56. The van der Waals surface area contributed by atoms with Gasteiger partial charge in [0.1, 0.15) is 0 Å². The van der Waals surface area contributed by atoms with E-state index in [1.54, 1.807) is 11.6 Å². The van der Waals surface area contributed by atoms with Crippen molar-refractivity contribution < 1.29 is 4.74 Å². The number of aryl methyl sites for hydroxylation is 2. The van der Waals surface area contributed by atoms with Crippen molar-refractivity contribution >= 4 is 11.0 Å². The lowest BCUT2D eigenvalue weighted by molar-refractivity contribution is -0.0264. The van der Waals surface area contributed by atoms with Gasteiger partial charge in [-0.2, -0.15) is 0 Å². The fraction of sp³-hybridized carbons (Fsp3) is 0.588. The first-order valence-electron chi connectivity index (χ1n) is 8.33. The van der Waals surface area contributed by atoms with Gasteiger partial charge in [0.15, 0.2) is 0 Å². The van der Waals surface area contributed by atoms with Gasteiger partial charge in [0.25, 0.3) is 0 Å². The number of benzene rings is 1. The smallest absolute Gasteiger partial charge is 0.326 e. The lowest BCUT2D eigenvalue weighted by atomic mass is 10.1. The number of imidazole rings is 1. The van der Waals surface area contributed by atoms with Crippen molar-refractivity contribution in [3.63, 3.8) is 0 Å². The second-order valence-corrected chi connectivity index (χ2v) is 6.30. The van der Waals surface area contributed by atoms with E-state index in [9.17, 15) is 4.79 Å². The van der Waals surface area contributed by atoms with Gasteiger partial charge in [-0.3, -0.25) is 9.47 Å². The molecule has 2 aromatic rings. The van der Waals surface area contributed by atoms with Gasteiger partial charge in [-0.25, -0.2) is 4.79 Å². The molecule has 2 N–H and O–H groups in total. The number of H-pyrrole nitrogens is 1. The molecule has 1 aliphatic heterocycles. The Morgan fingerprint density at radius 1 is 1.43 bits per heavy atom. The van der Waals surface area contributed by atoms with E-state index in [2.05, 4.69) is 27.3 Å². The molecule has 23 heavy (non-hydrogen) atoms. The first-order valence-corrected chi connectivity index (χ1v) is 8.33. The van der Waals surface area contributed by atoms with E-state index in [1.807, 2.05) is 13.1 Å². The molecule has 0 spiro atoms. The lowest BCUT2D eigenvalue weighted by Crippen LogP contribution is -2.46. The van der Waals surface area contributed by atoms with E-state index < -0.39 is 0 Å². The third kappa shape index (κ3) is 3.83. The highest BCUT2D eigenvalue weighted by molar-refractivity contribution is 5.75. The Balaban J connectivity index is 1.54. The van der Waals surface area contributed by atoms with Crippen molar-refractivity contribution in [1.29, 1.82) is 0 Å². The Kier molecular flexibility index (Phi) is 5.15. The molecule has 3 rings (SSSR count). The van der Waals surface area contributed by atoms with Crippen molar-refractivity contribution in [2.24, 2.45) is 7.05 Å². The molecule has 0 bridgehead atoms. The number of ether oxygens (including phenoxy) is 1. The fourth-order valence-electron chi connectivity index (χ4n) is 3.27. The predicted octanol–water partition coefficient (Wildman–Crippen LogP) is 0.719. The zero-order valence-corrected chi connectivity index (χ0v) is 14.0. The Morgan fingerprint density at radius 2 is 2.30 bits per heavy atom. The molecule has 6 nitrogen and oxygen atoms in total. The fourth-order valence-corrected chi connectivity index (χ4v) is 3.27. The van der Waals surface area contributed by atoms with Crippen molar-refractivity contribution in [3.05, 3.63) is 34.2 Å². The Hall–Kier alpha value is -1.63. The summed E-state index contributed by atoms with van der Waals surface area (Å²) in [6, 6.07) is 6.24. The molecule has 1 atom stereocenters. The van der Waals surface area contributed by atoms with Gasteiger partial charge in [-0.05, 0) is 44.1 Å². The van der Waals surface area contributed by atoms with Gasteiger partial charge in [0.2, 0.25) is 0 Å². The molecule has 126 valence electrons. The van der Waals surface area contributed by atoms with Crippen molar-refractivity contribution in [1.82, 2.24) is 19.8 Å². The molecule has 1 saturated heterocycles. The second kappa shape index (κ2) is 7.29. The van der Waals surface area contributed by atoms with E-state index in [-0.39, 0.29) is 5.69 Å². The van der Waals surface area contributed by atoms with Crippen molar-refractivity contribution in [2.45, 2.75) is 18.9 Å². The summed E-state index contributed by atoms with van der Waals surface area (Å²) >= 11 is 0. The topological polar surface area (TPSA) is 62.3 Å². The van der Waals surface area contributed by atoms with E-state index in [1.165, 1.54) is 5.56 Å². The molecule has 1 aromatic carbocycles. The largest absolute Gasteiger partial charge is 0.374 e. The number of nitrogens with one attached hydrogen (secondary N) is 2. The quantitative estimate of drug-likeness (QED) is 0.824. The van der Waals surface area contributed by atoms with Crippen molar-refractivity contribution in [2.75, 3.05) is 39.8 Å². The maximum atomic E-state index is 11.6. The number of hydrogen-bond donors (Lipinski definition) is 2. The van der Waals surface area contributed by atoms with Gasteiger partial charge in [0.05, 0.1) is 23.7 Å². The molecule has 1 fully saturated rings. The molecule has 1 aliphatic rings. The summed E-state index contributed by atoms with van der Waals surface area (Å²) in [7, 11) is 3.77. The maximum absolute atomic E-state index is 11.6. The van der Waals surface area contributed by atoms with Crippen LogP contribution in [0.15, 0.2) is 23.0 Å². The standard InChI is InChI=1S/C17H26N4O2/c1-18-11-14-12-21(8-9-23-14)7-3-4-13-5-6-15-16(10-13)20(2)17(22)19-15/h5-6,10,14,18H,3-4,7-9,11-12H2,1-2H3,(H,19,22)/t14-/m1/s1. The van der Waals surface area contributed by atoms with Crippen LogP contribution in [0.3, 0.4) is 0 Å². The molecule has 0 saturated carbocycles. The van der Waals surface area contributed by atoms with Gasteiger partial charge in [-0.15, -0.1) is 0 Å². The number of morpholine rings is 1. The predicted molar refractivity (Wildman–Crippen MR) is 92.0 cm³/mol. The van der Waals surface area contributed by atoms with Gasteiger partial charge < -0.3 is 15.0 Å². The summed E-state index contributed by atoms with van der Waals surface area (Å²) in [6.07, 6.45) is 2.46. The Bertz CT molecular complexity index is 704. The molecule has 1 aromatic heterocycles. The van der Waals surface area contributed by atoms with Crippen LogP contribution in [0.1, 0.15) is 12.0 Å². The van der Waals surface area contributed by atoms with Crippen LogP contribution >= 0.6 is 0 Å². The normalized spacial score (nSPS) is 19.5. The average Bonchev–Trinajstić information content (AvgIpc) is 2.83. The van der Waals surface area contributed by atoms with Crippen LogP contribution in [0.5, 0.6) is 0 Å². The van der Waals surface area contributed by atoms with Gasteiger partial charge >= 0.3 is 5.69 Å². The number of fused-ring (bicyclic) bond motifs is 1. The van der Waals surface area contributed by atoms with E-state index in [0.29, 0.717) is 6.10 Å². The highest BCUT2D eigenvalue weighted by atomic mass is 16.5. The number of likely N-dealkylation sites (N-methyl/N-ethyl adjacent to an activating group) is 1. The van der Waals surface area contributed by atoms with Crippen LogP contribution in [0.4, 0.5) is 0 Å². The van der Waals surface area contributed by atoms with Crippen molar-refractivity contribution in [3.8, 4) is 0 Å². The molecule has 6 heteroatoms. The van der Waals surface area contributed by atoms with Crippen LogP contribution in [-0.2, 0) is 18.2 Å². The number of rotatable bonds is 6. The first-order chi connectivity index (χ1) is 11.2. The van der Waals surface area contributed by atoms with Crippen LogP contribution in [0.25, 0.3) is 11.0 Å². The molecule has 0 amide bonds. The number of nitrogens with zero attached hydrogens (tertiary/aromatic N) is 2. The molecule has 0 aliphatic carbocycles. The minimum Gasteiger partial charge on any atom is -0.374 e. The number of aromatic amines is 1. The first kappa shape index (κ1) is 16.2. The molecule has 2 heterocycles. The van der Waals surface area contributed by atoms with Crippen LogP contribution in [0.2, 0.25) is 0 Å². The Morgan fingerprint density at radius 3 is 3.13 bits per heavy atom. The van der Waals surface area contributed by atoms with Crippen LogP contribution < -0.4 is 11.0 Å². The highest BCUT2D eigenvalue weighted by Gasteiger charge is 2.19. The van der Waals surface area contributed by atoms with E-state index in [4.69, 9.17) is 4.74 Å². The minimum atomic E-state index is -0.0546. The molecular formula is C17H26N4O2. The Labute approximate surface area is 136 Å². The summed E-state index contributed by atoms with van der Waals surface area (Å²) in [4.78, 5) is 17.0. The van der Waals surface area contributed by atoms with Crippen LogP contribution in [0, 0.1) is 0 Å². The minimum absolute atomic E-state index is 0.0546. The van der Waals surface area contributed by atoms with Gasteiger partial charge in [0, 0.05) is 26.7 Å². The summed E-state index contributed by atoms with van der Waals surface area (Å²) in [5, 5.41) is 3.18. The third-order valence-electron chi connectivity index (χ3n) is 4.56. The van der Waals surface area contributed by atoms with Crippen LogP contribution in [-0.4, -0.2) is 60.4 Å². The zero-order chi connectivity index (χ0) is 16.2. The SMILES string of the molecule is CNC[C@@H]1CN(CCCc2ccc3[nH]c(=O)n(C)c3c2)CCO1. The summed E-state index contributed by atoms with van der Waals surface area (Å²) in [5.74, 6) is 0. The maximum Gasteiger partial charge on any atom is 0.326 e. The zero-order valence-electron chi connectivity index (χ0n) is 14.0. The molecule has 0 unspecified atom stereocenters. The molecule has 0 radical (unpaired) electrons. The highest BCUT2D eigenvalue weighted by Crippen LogP contribution is 2.14. The molecular weight excluding hydrogens is 292 g/mol. The summed E-state index contributed by atoms with van der Waals surface area (Å²) < 4.78 is 7.41. The van der Waals surface area contributed by atoms with Gasteiger partial charge in [-0.1, -0.05) is 6.07 Å². The number of hydrogen-bond acceptors (Lipinski definition) is 4. The summed E-state index contributed by atoms with van der Waals surface area (Å²) in [6.45, 7) is 4.85. The number of aromatic nitrogens is 2. The van der Waals surface area contributed by atoms with E-state index in [0.717, 1.165) is 56.7 Å². The monoisotopic (exact) mass is 318 g/mol. The second-order valence-electron chi connectivity index (χ2n) is 6.30. The lowest BCUT2D eigenvalue weighted by Gasteiger charge is -2.32.